The molecule has 3 unspecified atom stereocenters. The Kier molecular flexibility index (Phi) is 14.1. The van der Waals surface area contributed by atoms with Crippen LogP contribution in [0.1, 0.15) is 66.0 Å². The fourth-order valence-electron chi connectivity index (χ4n) is 8.47. The summed E-state index contributed by atoms with van der Waals surface area (Å²) in [7, 11) is 0. The van der Waals surface area contributed by atoms with Crippen LogP contribution in [0.3, 0.4) is 0 Å². The number of carbonyl (C=O) groups excluding carboxylic acids is 1. The van der Waals surface area contributed by atoms with Gasteiger partial charge in [0.2, 0.25) is 0 Å². The van der Waals surface area contributed by atoms with Gasteiger partial charge in [-0.2, -0.15) is 10.2 Å². The monoisotopic (exact) mass is 871 g/mol. The zero-order valence-corrected chi connectivity index (χ0v) is 37.0. The Morgan fingerprint density at radius 3 is 2.21 bits per heavy atom. The number of nitrogens with zero attached hydrogens (tertiary/aromatic N) is 8. The number of rotatable bonds is 17. The molecule has 7 rings (SSSR count). The average Bonchev–Trinajstić information content (AvgIpc) is 4.01. The standard InChI is InChI=1S/C46H59F2N9O6/c1-32(2)42(33(3)60-23-7-18-50-43(58)63-45(4,5)6)57-44(59)56(31-52-57)38-11-9-36(10-12-38)53-19-21-54(22-20-53)37-13-15-39(16-14-37)61-26-34-25-46(62-27-34,28-55-30-49-29-51-55)40-17-8-35(47)24-41(40)48/h8-17,24,29-34,42H,7,18-23,25-28H2,1-6H3,(H,50,58)/t33-,34?,42?,46?/m0/s1. The first kappa shape index (κ1) is 45.2. The molecule has 2 aliphatic rings. The number of anilines is 2. The number of piperazine rings is 1. The number of alkyl carbamates (subject to hydrolysis) is 1. The molecule has 1 N–H and O–H groups in total. The van der Waals surface area contributed by atoms with Gasteiger partial charge in [0, 0.05) is 68.3 Å². The van der Waals surface area contributed by atoms with Crippen molar-refractivity contribution in [3.05, 3.63) is 113 Å². The molecular formula is C46H59F2N9O6. The minimum Gasteiger partial charge on any atom is -0.493 e. The van der Waals surface area contributed by atoms with Crippen molar-refractivity contribution in [3.8, 4) is 11.4 Å². The summed E-state index contributed by atoms with van der Waals surface area (Å²) in [6.45, 7) is 16.6. The van der Waals surface area contributed by atoms with E-state index in [1.165, 1.54) is 23.1 Å². The normalized spacial score (nSPS) is 19.0. The lowest BCUT2D eigenvalue weighted by molar-refractivity contribution is -0.0206. The van der Waals surface area contributed by atoms with Gasteiger partial charge >= 0.3 is 11.8 Å². The third-order valence-corrected chi connectivity index (χ3v) is 11.5. The van der Waals surface area contributed by atoms with Crippen molar-refractivity contribution in [1.82, 2.24) is 34.4 Å². The summed E-state index contributed by atoms with van der Waals surface area (Å²) in [4.78, 5) is 34.3. The van der Waals surface area contributed by atoms with Crippen molar-refractivity contribution >= 4 is 17.5 Å². The number of hydrogen-bond donors (Lipinski definition) is 1. The Labute approximate surface area is 366 Å². The van der Waals surface area contributed by atoms with Gasteiger partial charge in [-0.1, -0.05) is 19.9 Å². The number of ether oxygens (including phenoxy) is 4. The third kappa shape index (κ3) is 11.2. The Balaban J connectivity index is 0.880. The molecule has 4 heterocycles. The van der Waals surface area contributed by atoms with E-state index in [0.717, 1.165) is 55.1 Å². The maximum Gasteiger partial charge on any atom is 0.407 e. The van der Waals surface area contributed by atoms with Crippen molar-refractivity contribution in [3.63, 3.8) is 0 Å². The van der Waals surface area contributed by atoms with Crippen LogP contribution in [0.2, 0.25) is 0 Å². The number of halogens is 2. The number of nitrogens with one attached hydrogen (secondary N) is 1. The maximum absolute atomic E-state index is 15.0. The van der Waals surface area contributed by atoms with E-state index in [1.54, 1.807) is 21.9 Å². The molecule has 3 aromatic carbocycles. The second-order valence-electron chi connectivity index (χ2n) is 17.7. The highest BCUT2D eigenvalue weighted by atomic mass is 19.1. The minimum absolute atomic E-state index is 0.0238. The van der Waals surface area contributed by atoms with E-state index in [9.17, 15) is 14.0 Å². The van der Waals surface area contributed by atoms with E-state index >= 15 is 4.39 Å². The first-order valence-electron chi connectivity index (χ1n) is 21.7. The fourth-order valence-corrected chi connectivity index (χ4v) is 8.47. The van der Waals surface area contributed by atoms with E-state index in [1.807, 2.05) is 77.9 Å². The fraction of sp³-hybridized carbons (Fsp3) is 0.500. The first-order valence-corrected chi connectivity index (χ1v) is 21.7. The van der Waals surface area contributed by atoms with Gasteiger partial charge in [0.25, 0.3) is 0 Å². The number of benzene rings is 3. The molecule has 1 amide bonds. The molecular weight excluding hydrogens is 813 g/mol. The highest BCUT2D eigenvalue weighted by Crippen LogP contribution is 2.42. The van der Waals surface area contributed by atoms with Gasteiger partial charge in [0.15, 0.2) is 0 Å². The minimum atomic E-state index is -1.03. The van der Waals surface area contributed by atoms with Crippen LogP contribution in [0.15, 0.2) is 90.5 Å². The summed E-state index contributed by atoms with van der Waals surface area (Å²) in [6.07, 6.45) is 4.86. The van der Waals surface area contributed by atoms with Gasteiger partial charge in [-0.3, -0.25) is 0 Å². The molecule has 2 fully saturated rings. The van der Waals surface area contributed by atoms with Gasteiger partial charge in [-0.25, -0.2) is 37.3 Å². The molecule has 0 aliphatic carbocycles. The number of aromatic nitrogens is 6. The Morgan fingerprint density at radius 1 is 0.921 bits per heavy atom. The van der Waals surface area contributed by atoms with E-state index < -0.39 is 28.9 Å². The van der Waals surface area contributed by atoms with Gasteiger partial charge in [0.1, 0.15) is 47.6 Å². The van der Waals surface area contributed by atoms with Crippen LogP contribution in [-0.4, -0.2) is 99.5 Å². The SMILES string of the molecule is CC(C)C([C@H](C)OCCCNC(=O)OC(C)(C)C)n1ncn(-c2ccc(N3CCN(c4ccc(OCC5COC(Cn6cncn6)(c6ccc(F)cc6F)C5)cc4)CC3)cc2)c1=O. The molecule has 0 bridgehead atoms. The molecule has 2 saturated heterocycles. The highest BCUT2D eigenvalue weighted by molar-refractivity contribution is 5.67. The molecule has 63 heavy (non-hydrogen) atoms. The molecule has 0 saturated carbocycles. The van der Waals surface area contributed by atoms with E-state index in [2.05, 4.69) is 42.4 Å². The van der Waals surface area contributed by atoms with Crippen LogP contribution in [0.5, 0.6) is 5.75 Å². The van der Waals surface area contributed by atoms with Crippen LogP contribution in [0, 0.1) is 23.5 Å². The first-order chi connectivity index (χ1) is 30.2. The summed E-state index contributed by atoms with van der Waals surface area (Å²) in [5.41, 5.74) is 1.38. The van der Waals surface area contributed by atoms with Crippen molar-refractivity contribution in [2.45, 2.75) is 84.3 Å². The number of carbonyl (C=O) groups is 1. The Morgan fingerprint density at radius 2 is 1.59 bits per heavy atom. The second-order valence-corrected chi connectivity index (χ2v) is 17.7. The van der Waals surface area contributed by atoms with Crippen molar-refractivity contribution in [2.75, 3.05) is 62.3 Å². The number of amides is 1. The Hall–Kier alpha value is -5.81. The topological polar surface area (TPSA) is 143 Å². The van der Waals surface area contributed by atoms with Crippen LogP contribution >= 0.6 is 0 Å². The molecule has 4 atom stereocenters. The van der Waals surface area contributed by atoms with E-state index in [-0.39, 0.29) is 41.8 Å². The lowest BCUT2D eigenvalue weighted by Crippen LogP contribution is -2.46. The van der Waals surface area contributed by atoms with Crippen molar-refractivity contribution in [1.29, 1.82) is 0 Å². The molecule has 5 aromatic rings. The number of hydrogen-bond acceptors (Lipinski definition) is 11. The van der Waals surface area contributed by atoms with Gasteiger partial charge in [-0.15, -0.1) is 0 Å². The summed E-state index contributed by atoms with van der Waals surface area (Å²) < 4.78 is 57.4. The Bertz CT molecular complexity index is 2310. The van der Waals surface area contributed by atoms with E-state index in [4.69, 9.17) is 18.9 Å². The summed E-state index contributed by atoms with van der Waals surface area (Å²) in [6, 6.07) is 19.3. The zero-order valence-electron chi connectivity index (χ0n) is 37.0. The summed E-state index contributed by atoms with van der Waals surface area (Å²) in [5, 5.41) is 11.4. The lowest BCUT2D eigenvalue weighted by atomic mass is 9.87. The van der Waals surface area contributed by atoms with Gasteiger partial charge < -0.3 is 34.1 Å². The average molecular weight is 872 g/mol. The maximum atomic E-state index is 15.0. The molecule has 338 valence electrons. The van der Waals surface area contributed by atoms with Crippen LogP contribution < -0.4 is 25.5 Å². The molecule has 15 nitrogen and oxygen atoms in total. The quantitative estimate of drug-likeness (QED) is 0.0991. The van der Waals surface area contributed by atoms with Crippen molar-refractivity contribution in [2.24, 2.45) is 11.8 Å². The van der Waals surface area contributed by atoms with Crippen LogP contribution in [0.4, 0.5) is 25.0 Å². The van der Waals surface area contributed by atoms with Gasteiger partial charge in [-0.05, 0) is 101 Å². The highest BCUT2D eigenvalue weighted by Gasteiger charge is 2.45. The van der Waals surface area contributed by atoms with Crippen molar-refractivity contribution < 1.29 is 32.5 Å². The van der Waals surface area contributed by atoms with Gasteiger partial charge in [0.05, 0.1) is 37.6 Å². The zero-order chi connectivity index (χ0) is 44.7. The van der Waals surface area contributed by atoms with E-state index in [0.29, 0.717) is 39.2 Å². The molecule has 2 aliphatic heterocycles. The predicted molar refractivity (Wildman–Crippen MR) is 234 cm³/mol. The predicted octanol–water partition coefficient (Wildman–Crippen LogP) is 6.76. The van der Waals surface area contributed by atoms with Crippen LogP contribution in [-0.2, 0) is 26.4 Å². The summed E-state index contributed by atoms with van der Waals surface area (Å²) >= 11 is 0. The molecule has 0 spiro atoms. The molecule has 0 radical (unpaired) electrons. The molecule has 17 heteroatoms. The third-order valence-electron chi connectivity index (χ3n) is 11.5. The lowest BCUT2D eigenvalue weighted by Gasteiger charge is -2.37. The second kappa shape index (κ2) is 19.7. The summed E-state index contributed by atoms with van der Waals surface area (Å²) in [5.74, 6) is -0.511. The largest absolute Gasteiger partial charge is 0.493 e. The van der Waals surface area contributed by atoms with Crippen LogP contribution in [0.25, 0.3) is 5.69 Å². The smallest absolute Gasteiger partial charge is 0.407 e. The molecule has 2 aromatic heterocycles.